The lowest BCUT2D eigenvalue weighted by Gasteiger charge is -2.30. The highest BCUT2D eigenvalue weighted by atomic mass is 79.9. The van der Waals surface area contributed by atoms with E-state index in [-0.39, 0.29) is 11.2 Å². The van der Waals surface area contributed by atoms with E-state index in [2.05, 4.69) is 38.8 Å². The highest BCUT2D eigenvalue weighted by Crippen LogP contribution is 2.35. The van der Waals surface area contributed by atoms with Gasteiger partial charge in [0.2, 0.25) is 0 Å². The van der Waals surface area contributed by atoms with Gasteiger partial charge >= 0.3 is 0 Å². The van der Waals surface area contributed by atoms with Crippen LogP contribution >= 0.6 is 43.5 Å². The summed E-state index contributed by atoms with van der Waals surface area (Å²) in [5.41, 5.74) is 0.991. The maximum atomic E-state index is 13.2. The molecular formula is C13H16Br2ClF. The van der Waals surface area contributed by atoms with E-state index in [0.717, 1.165) is 35.5 Å². The van der Waals surface area contributed by atoms with Gasteiger partial charge in [-0.3, -0.25) is 0 Å². The monoisotopic (exact) mass is 384 g/mol. The van der Waals surface area contributed by atoms with Gasteiger partial charge in [-0.2, -0.15) is 0 Å². The SMILES string of the molecule is CCCC(CBr)(CBr)Cc1cc(F)ccc1Cl. The fraction of sp³-hybridized carbons (Fsp3) is 0.538. The fourth-order valence-electron chi connectivity index (χ4n) is 1.97. The molecule has 0 aromatic heterocycles. The van der Waals surface area contributed by atoms with Crippen molar-refractivity contribution < 1.29 is 4.39 Å². The molecule has 0 saturated carbocycles. The Hall–Kier alpha value is 0.400. The van der Waals surface area contributed by atoms with Crippen molar-refractivity contribution in [1.82, 2.24) is 0 Å². The molecule has 0 saturated heterocycles. The highest BCUT2D eigenvalue weighted by molar-refractivity contribution is 9.09. The third-order valence-electron chi connectivity index (χ3n) is 2.92. The van der Waals surface area contributed by atoms with Crippen LogP contribution in [0.1, 0.15) is 25.3 Å². The summed E-state index contributed by atoms with van der Waals surface area (Å²) < 4.78 is 13.2. The van der Waals surface area contributed by atoms with Crippen LogP contribution < -0.4 is 0 Å². The lowest BCUT2D eigenvalue weighted by atomic mass is 9.81. The quantitative estimate of drug-likeness (QED) is 0.559. The predicted octanol–water partition coefficient (Wildman–Crippen LogP) is 5.60. The zero-order chi connectivity index (χ0) is 12.9. The van der Waals surface area contributed by atoms with Gasteiger partial charge in [-0.1, -0.05) is 56.8 Å². The maximum Gasteiger partial charge on any atom is 0.123 e. The van der Waals surface area contributed by atoms with E-state index in [9.17, 15) is 4.39 Å². The Bertz CT molecular complexity index is 364. The van der Waals surface area contributed by atoms with Crippen LogP contribution in [0.3, 0.4) is 0 Å². The standard InChI is InChI=1S/C13H16Br2ClF/c1-2-5-13(8-14,9-15)7-10-6-11(17)3-4-12(10)16/h3-4,6H,2,5,7-9H2,1H3. The number of halogens is 4. The number of alkyl halides is 2. The summed E-state index contributed by atoms with van der Waals surface area (Å²) in [6.07, 6.45) is 2.97. The molecule has 0 unspecified atom stereocenters. The van der Waals surface area contributed by atoms with E-state index < -0.39 is 0 Å². The van der Waals surface area contributed by atoms with Crippen LogP contribution in [-0.4, -0.2) is 10.7 Å². The molecule has 0 spiro atoms. The maximum absolute atomic E-state index is 13.2. The third-order valence-corrected chi connectivity index (χ3v) is 5.67. The minimum atomic E-state index is -0.223. The van der Waals surface area contributed by atoms with E-state index in [4.69, 9.17) is 11.6 Å². The van der Waals surface area contributed by atoms with E-state index >= 15 is 0 Å². The van der Waals surface area contributed by atoms with Crippen LogP contribution in [0.15, 0.2) is 18.2 Å². The first-order valence-corrected chi connectivity index (χ1v) is 8.25. The van der Waals surface area contributed by atoms with Gasteiger partial charge in [0.05, 0.1) is 0 Å². The Morgan fingerprint density at radius 2 is 1.94 bits per heavy atom. The zero-order valence-electron chi connectivity index (χ0n) is 9.78. The van der Waals surface area contributed by atoms with Crippen LogP contribution in [0.2, 0.25) is 5.02 Å². The molecule has 0 aliphatic carbocycles. The normalized spacial score (nSPS) is 11.8. The third kappa shape index (κ3) is 4.22. The molecule has 1 aromatic rings. The molecular weight excluding hydrogens is 370 g/mol. The lowest BCUT2D eigenvalue weighted by molar-refractivity contribution is 0.351. The second-order valence-corrected chi connectivity index (χ2v) is 5.96. The molecule has 0 N–H and O–H groups in total. The Balaban J connectivity index is 2.96. The van der Waals surface area contributed by atoms with Gasteiger partial charge in [0, 0.05) is 15.7 Å². The smallest absolute Gasteiger partial charge is 0.123 e. The van der Waals surface area contributed by atoms with Crippen LogP contribution in [0.4, 0.5) is 4.39 Å². The van der Waals surface area contributed by atoms with Crippen molar-refractivity contribution in [2.24, 2.45) is 5.41 Å². The molecule has 1 rings (SSSR count). The average molecular weight is 387 g/mol. The van der Waals surface area contributed by atoms with Gasteiger partial charge in [-0.15, -0.1) is 0 Å². The molecule has 0 bridgehead atoms. The summed E-state index contributed by atoms with van der Waals surface area (Å²) in [6.45, 7) is 2.16. The van der Waals surface area contributed by atoms with Crippen molar-refractivity contribution >= 4 is 43.5 Å². The second kappa shape index (κ2) is 7.10. The Kier molecular flexibility index (Phi) is 6.46. The summed E-state index contributed by atoms with van der Waals surface area (Å²) in [4.78, 5) is 0. The van der Waals surface area contributed by atoms with Gasteiger partial charge in [0.1, 0.15) is 5.82 Å². The zero-order valence-corrected chi connectivity index (χ0v) is 13.7. The number of rotatable bonds is 6. The molecule has 1 aromatic carbocycles. The van der Waals surface area contributed by atoms with Crippen molar-refractivity contribution in [2.45, 2.75) is 26.2 Å². The number of benzene rings is 1. The molecule has 0 amide bonds. The summed E-state index contributed by atoms with van der Waals surface area (Å²) >= 11 is 13.3. The van der Waals surface area contributed by atoms with Crippen molar-refractivity contribution in [1.29, 1.82) is 0 Å². The molecule has 0 aliphatic rings. The molecule has 96 valence electrons. The second-order valence-electron chi connectivity index (χ2n) is 4.43. The van der Waals surface area contributed by atoms with E-state index in [1.165, 1.54) is 12.1 Å². The average Bonchev–Trinajstić information content (AvgIpc) is 2.33. The number of hydrogen-bond acceptors (Lipinski definition) is 0. The molecule has 0 fully saturated rings. The Labute approximate surface area is 124 Å². The fourth-order valence-corrected chi connectivity index (χ4v) is 4.04. The van der Waals surface area contributed by atoms with Crippen LogP contribution in [0, 0.1) is 11.2 Å². The van der Waals surface area contributed by atoms with Crippen LogP contribution in [-0.2, 0) is 6.42 Å². The Morgan fingerprint density at radius 1 is 1.29 bits per heavy atom. The summed E-state index contributed by atoms with van der Waals surface area (Å²) in [5, 5.41) is 2.41. The first-order chi connectivity index (χ1) is 8.06. The van der Waals surface area contributed by atoms with Crippen LogP contribution in [0.25, 0.3) is 0 Å². The molecule has 0 atom stereocenters. The topological polar surface area (TPSA) is 0 Å². The first kappa shape index (κ1) is 15.5. The molecule has 17 heavy (non-hydrogen) atoms. The summed E-state index contributed by atoms with van der Waals surface area (Å²) in [6, 6.07) is 4.57. The molecule has 4 heteroatoms. The van der Waals surface area contributed by atoms with E-state index in [1.807, 2.05) is 0 Å². The van der Waals surface area contributed by atoms with Gasteiger partial charge in [0.15, 0.2) is 0 Å². The Morgan fingerprint density at radius 3 is 2.47 bits per heavy atom. The lowest BCUT2D eigenvalue weighted by Crippen LogP contribution is -2.27. The minimum Gasteiger partial charge on any atom is -0.207 e. The van der Waals surface area contributed by atoms with Crippen molar-refractivity contribution in [3.63, 3.8) is 0 Å². The van der Waals surface area contributed by atoms with Crippen molar-refractivity contribution in [3.05, 3.63) is 34.6 Å². The molecule has 0 nitrogen and oxygen atoms in total. The van der Waals surface area contributed by atoms with Crippen molar-refractivity contribution in [3.8, 4) is 0 Å². The predicted molar refractivity (Wildman–Crippen MR) is 80.0 cm³/mol. The molecule has 0 aliphatic heterocycles. The summed E-state index contributed by atoms with van der Waals surface area (Å²) in [7, 11) is 0. The largest absolute Gasteiger partial charge is 0.207 e. The first-order valence-electron chi connectivity index (χ1n) is 5.63. The minimum absolute atomic E-state index is 0.103. The van der Waals surface area contributed by atoms with E-state index in [1.54, 1.807) is 6.07 Å². The highest BCUT2D eigenvalue weighted by Gasteiger charge is 2.28. The summed E-state index contributed by atoms with van der Waals surface area (Å²) in [5.74, 6) is -0.223. The van der Waals surface area contributed by atoms with Crippen LogP contribution in [0.5, 0.6) is 0 Å². The van der Waals surface area contributed by atoms with Gasteiger partial charge in [-0.05, 0) is 42.0 Å². The molecule has 0 heterocycles. The molecule has 0 radical (unpaired) electrons. The van der Waals surface area contributed by atoms with Gasteiger partial charge < -0.3 is 0 Å². The van der Waals surface area contributed by atoms with Gasteiger partial charge in [0.25, 0.3) is 0 Å². The van der Waals surface area contributed by atoms with Crippen molar-refractivity contribution in [2.75, 3.05) is 10.7 Å². The van der Waals surface area contributed by atoms with E-state index in [0.29, 0.717) is 5.02 Å². The van der Waals surface area contributed by atoms with Gasteiger partial charge in [-0.25, -0.2) is 4.39 Å². The number of hydrogen-bond donors (Lipinski definition) is 0.